The summed E-state index contributed by atoms with van der Waals surface area (Å²) in [5.74, 6) is -2.89. The zero-order valence-corrected chi connectivity index (χ0v) is 25.4. The summed E-state index contributed by atoms with van der Waals surface area (Å²) < 4.78 is 3.63. The molecule has 0 bridgehead atoms. The van der Waals surface area contributed by atoms with Crippen LogP contribution in [0.4, 0.5) is 5.69 Å². The highest BCUT2D eigenvalue weighted by Crippen LogP contribution is 2.32. The fourth-order valence-corrected chi connectivity index (χ4v) is 5.59. The third-order valence-electron chi connectivity index (χ3n) is 8.14. The van der Waals surface area contributed by atoms with Gasteiger partial charge in [0.2, 0.25) is 0 Å². The number of amides is 1. The number of hydrogen-bond donors (Lipinski definition) is 3. The van der Waals surface area contributed by atoms with E-state index < -0.39 is 29.0 Å². The molecule has 1 aromatic heterocycles. The third kappa shape index (κ3) is 4.79. The van der Waals surface area contributed by atoms with Crippen LogP contribution in [0.1, 0.15) is 47.8 Å². The average Bonchev–Trinajstić information content (AvgIpc) is 3.59. The van der Waals surface area contributed by atoms with Crippen molar-refractivity contribution in [1.82, 2.24) is 18.9 Å². The summed E-state index contributed by atoms with van der Waals surface area (Å²) in [7, 11) is 3.00. The summed E-state index contributed by atoms with van der Waals surface area (Å²) >= 11 is 0. The molecule has 4 heterocycles. The maximum atomic E-state index is 13.5. The first-order valence-electron chi connectivity index (χ1n) is 14.1. The molecule has 3 aromatic rings. The molecule has 6 rings (SSSR count). The predicted molar refractivity (Wildman–Crippen MR) is 170 cm³/mol. The zero-order chi connectivity index (χ0) is 33.9. The molecule has 0 fully saturated rings. The number of anilines is 1. The molecule has 236 valence electrons. The Bertz CT molecular complexity index is 2450. The second kappa shape index (κ2) is 11.1. The monoisotopic (exact) mass is 634 g/mol. The number of rotatable bonds is 6. The van der Waals surface area contributed by atoms with Crippen LogP contribution in [0.2, 0.25) is 0 Å². The third-order valence-corrected chi connectivity index (χ3v) is 8.14. The Hall–Kier alpha value is -6.57. The maximum Gasteiger partial charge on any atom is 0.335 e. The Kier molecular flexibility index (Phi) is 7.19. The lowest BCUT2D eigenvalue weighted by atomic mass is 10.0. The van der Waals surface area contributed by atoms with E-state index in [1.807, 2.05) is 0 Å². The highest BCUT2D eigenvalue weighted by Gasteiger charge is 2.30. The van der Waals surface area contributed by atoms with Gasteiger partial charge < -0.3 is 15.3 Å². The molecular weight excluding hydrogens is 608 g/mol. The van der Waals surface area contributed by atoms with Gasteiger partial charge >= 0.3 is 11.9 Å². The largest absolute Gasteiger partial charge is 0.494 e. The number of aromatic nitrogens is 4. The van der Waals surface area contributed by atoms with Crippen molar-refractivity contribution in [2.45, 2.75) is 13.8 Å². The van der Waals surface area contributed by atoms with Crippen molar-refractivity contribution >= 4 is 35.7 Å². The minimum Gasteiger partial charge on any atom is -0.494 e. The van der Waals surface area contributed by atoms with Gasteiger partial charge in [0.05, 0.1) is 33.6 Å². The smallest absolute Gasteiger partial charge is 0.335 e. The first-order chi connectivity index (χ1) is 22.3. The van der Waals surface area contributed by atoms with Crippen LogP contribution in [0.15, 0.2) is 69.3 Å². The van der Waals surface area contributed by atoms with Gasteiger partial charge in [-0.2, -0.15) is 9.69 Å². The van der Waals surface area contributed by atoms with Crippen LogP contribution >= 0.6 is 0 Å². The first kappa shape index (κ1) is 30.5. The van der Waals surface area contributed by atoms with Crippen LogP contribution in [0.5, 0.6) is 5.88 Å². The number of carbonyl (C=O) groups excluding carboxylic acids is 1. The molecule has 47 heavy (non-hydrogen) atoms. The molecule has 2 aromatic carbocycles. The summed E-state index contributed by atoms with van der Waals surface area (Å²) in [5.41, 5.74) is 0.997. The van der Waals surface area contributed by atoms with Gasteiger partial charge in [-0.05, 0) is 73.5 Å². The van der Waals surface area contributed by atoms with Crippen molar-refractivity contribution in [2.75, 3.05) is 5.01 Å². The molecule has 3 aliphatic rings. The molecule has 0 saturated carbocycles. The van der Waals surface area contributed by atoms with E-state index in [0.717, 1.165) is 9.69 Å². The van der Waals surface area contributed by atoms with Gasteiger partial charge in [0.1, 0.15) is 0 Å². The lowest BCUT2D eigenvalue weighted by molar-refractivity contribution is 0.0686. The molecule has 0 spiro atoms. The van der Waals surface area contributed by atoms with E-state index in [9.17, 15) is 39.3 Å². The Morgan fingerprint density at radius 1 is 0.809 bits per heavy atom. The summed E-state index contributed by atoms with van der Waals surface area (Å²) in [6.07, 6.45) is 4.52. The first-order valence-corrected chi connectivity index (χ1v) is 14.1. The van der Waals surface area contributed by atoms with Gasteiger partial charge in [0.25, 0.3) is 17.0 Å². The summed E-state index contributed by atoms with van der Waals surface area (Å²) in [5, 5.41) is 39.7. The number of carboxylic acids is 2. The lowest BCUT2D eigenvalue weighted by Gasteiger charge is -2.14. The number of allylic oxidation sites excluding steroid dienone is 1. The standard InChI is InChI=1S/C33H26N6O8/c1-16-22(28(40)36(3)26-24(16)30(42)38(34-26)20-10-5-8-18(14-20)32(44)45)12-7-13-23-17(2)25-27(37(4)29(23)41)35-39(31(25)43)21-11-6-9-19(15-21)33(46)47/h5-15,40H,1-4H3,(H,44,45)(H,46,47). The van der Waals surface area contributed by atoms with Crippen LogP contribution in [0.3, 0.4) is 0 Å². The second-order valence-corrected chi connectivity index (χ2v) is 10.9. The van der Waals surface area contributed by atoms with Crippen molar-refractivity contribution in [2.24, 2.45) is 19.2 Å². The number of aromatic carboxylic acids is 2. The molecule has 3 aliphatic heterocycles. The van der Waals surface area contributed by atoms with Crippen LogP contribution in [-0.4, -0.2) is 52.1 Å². The van der Waals surface area contributed by atoms with Crippen molar-refractivity contribution in [1.29, 1.82) is 0 Å². The number of carbonyl (C=O) groups is 3. The van der Waals surface area contributed by atoms with E-state index in [4.69, 9.17) is 0 Å². The second-order valence-electron chi connectivity index (χ2n) is 10.9. The normalized spacial score (nSPS) is 13.1. The van der Waals surface area contributed by atoms with E-state index in [0.29, 0.717) is 11.1 Å². The van der Waals surface area contributed by atoms with Crippen molar-refractivity contribution in [3.05, 3.63) is 119 Å². The number of carboxylic acid groups (broad SMARTS) is 2. The van der Waals surface area contributed by atoms with Gasteiger partial charge in [-0.1, -0.05) is 18.2 Å². The van der Waals surface area contributed by atoms with Crippen LogP contribution in [0, 0.1) is 13.8 Å². The van der Waals surface area contributed by atoms with E-state index in [-0.39, 0.29) is 61.6 Å². The molecule has 0 radical (unpaired) electrons. The lowest BCUT2D eigenvalue weighted by Crippen LogP contribution is -2.44. The quantitative estimate of drug-likeness (QED) is 0.250. The van der Waals surface area contributed by atoms with E-state index >= 15 is 0 Å². The number of benzene rings is 2. The number of aromatic hydroxyl groups is 1. The zero-order valence-electron chi connectivity index (χ0n) is 25.4. The van der Waals surface area contributed by atoms with Crippen LogP contribution in [-0.2, 0) is 14.1 Å². The minimum absolute atomic E-state index is 0.0204. The predicted octanol–water partition coefficient (Wildman–Crippen LogP) is 1.78. The molecule has 14 nitrogen and oxygen atoms in total. The Balaban J connectivity index is 1.43. The molecule has 1 amide bonds. The maximum absolute atomic E-state index is 13.5. The van der Waals surface area contributed by atoms with Gasteiger partial charge in [0.15, 0.2) is 17.2 Å². The van der Waals surface area contributed by atoms with Gasteiger partial charge in [0, 0.05) is 24.9 Å². The van der Waals surface area contributed by atoms with Gasteiger partial charge in [-0.3, -0.25) is 23.5 Å². The number of nitrogens with zero attached hydrogens (tertiary/aromatic N) is 6. The van der Waals surface area contributed by atoms with E-state index in [2.05, 4.69) is 10.2 Å². The van der Waals surface area contributed by atoms with Crippen molar-refractivity contribution in [3.63, 3.8) is 0 Å². The summed E-state index contributed by atoms with van der Waals surface area (Å²) in [6.45, 7) is 3.24. The molecular formula is C33H26N6O8. The molecule has 0 aliphatic carbocycles. The van der Waals surface area contributed by atoms with Crippen LogP contribution < -0.4 is 26.8 Å². The molecule has 0 atom stereocenters. The molecule has 0 saturated heterocycles. The van der Waals surface area contributed by atoms with E-state index in [1.54, 1.807) is 26.0 Å². The molecule has 3 N–H and O–H groups in total. The fraction of sp³-hybridized carbons (Fsp3) is 0.121. The molecule has 14 heteroatoms. The SMILES string of the molecule is Cc1c(C=CC=c2c(C)c3c(n(C)c2=O)=NN(c2cccc(C(=O)O)c2)C3=O)c(O)n(C)c2nn(-c3cccc(C(=O)O)c3)c(=O)c1-2. The fourth-order valence-electron chi connectivity index (χ4n) is 5.59. The topological polar surface area (TPSA) is 189 Å². The van der Waals surface area contributed by atoms with Crippen molar-refractivity contribution in [3.8, 4) is 23.0 Å². The minimum atomic E-state index is -1.16. The van der Waals surface area contributed by atoms with Gasteiger partial charge in [-0.25, -0.2) is 9.59 Å². The summed E-state index contributed by atoms with van der Waals surface area (Å²) in [6, 6.07) is 11.5. The Labute approximate surface area is 264 Å². The number of fused-ring (bicyclic) bond motifs is 2. The summed E-state index contributed by atoms with van der Waals surface area (Å²) in [4.78, 5) is 63.3. The Morgan fingerprint density at radius 3 is 2.06 bits per heavy atom. The number of pyridine rings is 2. The molecule has 0 unspecified atom stereocenters. The highest BCUT2D eigenvalue weighted by molar-refractivity contribution is 6.08. The van der Waals surface area contributed by atoms with Crippen molar-refractivity contribution < 1.29 is 29.7 Å². The van der Waals surface area contributed by atoms with Crippen LogP contribution in [0.25, 0.3) is 29.2 Å². The van der Waals surface area contributed by atoms with Gasteiger partial charge in [-0.15, -0.1) is 10.2 Å². The average molecular weight is 635 g/mol. The number of hydrogen-bond acceptors (Lipinski definition) is 8. The Morgan fingerprint density at radius 2 is 1.43 bits per heavy atom. The highest BCUT2D eigenvalue weighted by atomic mass is 16.4. The van der Waals surface area contributed by atoms with E-state index in [1.165, 1.54) is 77.9 Å².